The Hall–Kier alpha value is -13.8. The maximum atomic E-state index is 5.65. The Morgan fingerprint density at radius 3 is 0.890 bits per heavy atom. The Balaban J connectivity index is 0.000000115. The molecule has 0 spiro atoms. The molecule has 12 heterocycles. The first-order valence-corrected chi connectivity index (χ1v) is 70.0. The van der Waals surface area contributed by atoms with Crippen LogP contribution >= 0.6 is 0 Å². The van der Waals surface area contributed by atoms with Crippen molar-refractivity contribution in [1.29, 1.82) is 0 Å². The minimum absolute atomic E-state index is 0.419. The van der Waals surface area contributed by atoms with Gasteiger partial charge in [-0.2, -0.15) is 17.6 Å². The molecule has 0 fully saturated rings. The van der Waals surface area contributed by atoms with E-state index < -0.39 is 40.4 Å². The molecule has 0 saturated carbocycles. The third-order valence-corrected chi connectivity index (χ3v) is 46.7. The van der Waals surface area contributed by atoms with E-state index >= 15 is 0 Å². The second-order valence-electron chi connectivity index (χ2n) is 47.3. The minimum Gasteiger partial charge on any atom is -0.255 e. The number of imidazole rings is 4. The van der Waals surface area contributed by atoms with E-state index in [-0.39, 0.29) is 0 Å². The van der Waals surface area contributed by atoms with Gasteiger partial charge in [-0.25, -0.2) is 33.2 Å². The Morgan fingerprint density at radius 1 is 0.247 bits per heavy atom. The average molecular weight is 2000 g/mol. The smallest absolute Gasteiger partial charge is 0.255 e. The second kappa shape index (κ2) is 36.4. The lowest BCUT2D eigenvalue weighted by molar-refractivity contribution is -0.617. The molecule has 12 nitrogen and oxygen atoms in total. The number of hydrogen-bond donors (Lipinski definition) is 0. The summed E-state index contributed by atoms with van der Waals surface area (Å²) in [7, 11) is 0.737. The quantitative estimate of drug-likeness (QED) is 0.0693. The zero-order chi connectivity index (χ0) is 103. The van der Waals surface area contributed by atoms with Crippen LogP contribution in [-0.2, 0) is 28.2 Å². The summed E-state index contributed by atoms with van der Waals surface area (Å²) in [5.74, 6) is 0.837. The van der Waals surface area contributed by atoms with Crippen molar-refractivity contribution in [1.82, 2.24) is 37.5 Å². The van der Waals surface area contributed by atoms with Gasteiger partial charge < -0.3 is 0 Å². The Kier molecular flexibility index (Phi) is 24.5. The van der Waals surface area contributed by atoms with Crippen LogP contribution in [0.15, 0.2) is 285 Å². The normalized spacial score (nSPS) is 12.6. The van der Waals surface area contributed by atoms with Crippen molar-refractivity contribution in [3.8, 4) is 44.9 Å². The summed E-state index contributed by atoms with van der Waals surface area (Å²) in [6.07, 6.45) is 1.99. The number of pyridine rings is 8. The summed E-state index contributed by atoms with van der Waals surface area (Å²) in [5, 5.41) is 15.3. The van der Waals surface area contributed by atoms with Crippen LogP contribution in [0.25, 0.3) is 199 Å². The van der Waals surface area contributed by atoms with Gasteiger partial charge in [-0.3, -0.25) is 4.98 Å². The van der Waals surface area contributed by atoms with Crippen molar-refractivity contribution in [3.63, 3.8) is 0 Å². The maximum absolute atomic E-state index is 5.65. The summed E-state index contributed by atoms with van der Waals surface area (Å²) in [6.45, 7) is 62.0. The molecule has 12 aromatic carbocycles. The molecule has 24 aromatic rings. The number of nitrogens with zero attached hydrogens (tertiary/aromatic N) is 12. The lowest BCUT2D eigenvalue weighted by Crippen LogP contribution is -2.46. The molecule has 0 amide bonds. The van der Waals surface area contributed by atoms with Crippen LogP contribution < -0.4 is 33.8 Å². The summed E-state index contributed by atoms with van der Waals surface area (Å²) in [6, 6.07) is 102. The van der Waals surface area contributed by atoms with Crippen LogP contribution in [0.4, 0.5) is 0 Å². The van der Waals surface area contributed by atoms with Crippen molar-refractivity contribution in [2.24, 2.45) is 28.2 Å². The Morgan fingerprint density at radius 2 is 0.534 bits per heavy atom. The number of aryl methyl sites for hydroxylation is 11. The van der Waals surface area contributed by atoms with E-state index in [0.717, 1.165) is 39.1 Å². The van der Waals surface area contributed by atoms with Gasteiger partial charge in [0.1, 0.15) is 22.1 Å². The van der Waals surface area contributed by atoms with E-state index in [1.54, 1.807) is 0 Å². The molecule has 17 heteroatoms. The van der Waals surface area contributed by atoms with E-state index in [1.165, 1.54) is 231 Å². The highest BCUT2D eigenvalue weighted by Gasteiger charge is 2.42. The zero-order valence-electron chi connectivity index (χ0n) is 91.2. The van der Waals surface area contributed by atoms with E-state index in [1.807, 2.05) is 6.20 Å². The monoisotopic (exact) mass is 2000 g/mol. The third kappa shape index (κ3) is 16.0. The van der Waals surface area contributed by atoms with E-state index in [4.69, 9.17) is 19.9 Å². The lowest BCUT2D eigenvalue weighted by Gasteiger charge is -2.39. The fourth-order valence-electron chi connectivity index (χ4n) is 25.4. The van der Waals surface area contributed by atoms with Gasteiger partial charge in [0.05, 0.1) is 118 Å². The van der Waals surface area contributed by atoms with Gasteiger partial charge in [-0.15, -0.1) is 0 Å². The second-order valence-corrected chi connectivity index (χ2v) is 73.6. The highest BCUT2D eigenvalue weighted by molar-refractivity contribution is 6.96. The van der Waals surface area contributed by atoms with Crippen LogP contribution in [0.5, 0.6) is 0 Å². The van der Waals surface area contributed by atoms with E-state index in [0.29, 0.717) is 17.0 Å². The number of aromatic nitrogens is 12. The number of benzene rings is 12. The number of rotatable bonds is 12. The minimum atomic E-state index is -1.71. The fraction of sp³-hybridized carbons (Fsp3) is 0.256. The largest absolute Gasteiger partial charge is 0.297 e. The Labute approximate surface area is 864 Å². The molecular formula is C129H140N12Si5+4. The molecule has 732 valence electrons. The van der Waals surface area contributed by atoms with Gasteiger partial charge in [-0.1, -0.05) is 308 Å². The van der Waals surface area contributed by atoms with Gasteiger partial charge in [0.25, 0.3) is 22.6 Å². The molecule has 0 saturated heterocycles. The van der Waals surface area contributed by atoms with Crippen molar-refractivity contribution >= 4 is 210 Å². The first-order chi connectivity index (χ1) is 69.5. The third-order valence-electron chi connectivity index (χ3n) is 31.3. The predicted octanol–water partition coefficient (Wildman–Crippen LogP) is 30.0. The summed E-state index contributed by atoms with van der Waals surface area (Å²) in [5.41, 5.74) is 46.8. The van der Waals surface area contributed by atoms with Gasteiger partial charge in [0.15, 0.2) is 44.1 Å². The molecule has 0 bridgehead atoms. The van der Waals surface area contributed by atoms with E-state index in [9.17, 15) is 0 Å². The van der Waals surface area contributed by atoms with Crippen LogP contribution in [0.1, 0.15) is 100 Å². The molecule has 0 atom stereocenters. The van der Waals surface area contributed by atoms with Gasteiger partial charge in [0, 0.05) is 55.2 Å². The molecule has 146 heavy (non-hydrogen) atoms. The van der Waals surface area contributed by atoms with Gasteiger partial charge in [0.2, 0.25) is 0 Å². The van der Waals surface area contributed by atoms with Crippen LogP contribution in [0, 0.1) is 48.5 Å². The molecular weight excluding hydrogens is 1860 g/mol. The highest BCUT2D eigenvalue weighted by Crippen LogP contribution is 2.47. The molecule has 12 aromatic heterocycles. The number of fused-ring (bicyclic) bond motifs is 32. The summed E-state index contributed by atoms with van der Waals surface area (Å²) in [4.78, 5) is 21.8. The first-order valence-electron chi connectivity index (χ1n) is 52.4. The molecule has 0 aliphatic heterocycles. The van der Waals surface area contributed by atoms with Crippen LogP contribution in [0.2, 0.25) is 98.2 Å². The van der Waals surface area contributed by atoms with Gasteiger partial charge in [-0.05, 0) is 245 Å². The van der Waals surface area contributed by atoms with Crippen LogP contribution in [-0.4, -0.2) is 77.9 Å². The molecule has 0 aliphatic rings. The predicted molar refractivity (Wildman–Crippen MR) is 637 cm³/mol. The van der Waals surface area contributed by atoms with E-state index in [2.05, 4.69) is 517 Å². The van der Waals surface area contributed by atoms with Crippen molar-refractivity contribution < 1.29 is 18.3 Å². The lowest BCUT2D eigenvalue weighted by atomic mass is 9.86. The summed E-state index contributed by atoms with van der Waals surface area (Å²) >= 11 is 0. The first kappa shape index (κ1) is 98.2. The molecule has 24 rings (SSSR count). The Bertz CT molecular complexity index is 9490. The SMILES string of the molecule is Cc1cc(-c2c(C(C)C)cccc2C(C)C)nc2c3c([Si](C)(C)C)cccc3n3c4ccccc4[n+](C)c3c12.Cc1cccc(-c2ccccc2)c1-c1cc(C)c2c(n1)c1c([Si](C)(C)C)cccc1n1c3ccccc3[n+](C)c21.Cc1cccc(C)c1-c1cc(C)c2c(n1)c1c([Si](C)(C)C)cccc1n1c3ccccc3[n+](C)c21.Cc1ccnc2c3c(C([Si](C)(C)C)[Si](C)(C)C)cccc3n3c4ccccc4[n+](C)c3c12. The van der Waals surface area contributed by atoms with Crippen molar-refractivity contribution in [2.45, 2.75) is 191 Å². The summed E-state index contributed by atoms with van der Waals surface area (Å²) < 4.78 is 19.3. The van der Waals surface area contributed by atoms with Crippen LogP contribution in [0.3, 0.4) is 0 Å². The maximum Gasteiger partial charge on any atom is 0.297 e. The average Bonchev–Trinajstić information content (AvgIpc) is 1.50. The molecule has 0 N–H and O–H groups in total. The number of hydrogen-bond acceptors (Lipinski definition) is 4. The number of para-hydroxylation sites is 8. The van der Waals surface area contributed by atoms with Crippen molar-refractivity contribution in [3.05, 3.63) is 341 Å². The molecule has 0 aliphatic carbocycles. The standard InChI is InChI=1S/C36H34N3Si.C35H40N3Si.C31H32N3Si.C27H34N3Si2/c1-23-14-12-17-26(25-15-8-7-9-16-25)32(23)27-22-24(2)33-35(37-27)34-30(20-13-21-31(34)40(4,5)6)39-29-19-11-10-18-28(29)38(3)36(33)39;1-21(2)24-14-12-15-25(22(3)4)32(24)26-20-23(5)31-34(36-26)33-29(18-13-19-30(33)39(7,8)9)38-28-17-11-10-16-27(28)37(6)35(31)38;1-19-12-10-13-20(2)27(19)22-18-21(3)28-30(32-22)29-25(16-11-17-26(29)35(5,6)7)34-24-15-9-8-14-23(24)33(4)31(28)34;1-18-16-17-28-25-23(18)26-29(2)20-13-9-10-14-21(20)30(26)22-15-11-12-19(24(22)25)27(31(3,4)5)32(6,7)8/h7-22H,1-6H3;10-22H,1-9H3;8-18H,1-7H3;9-17,27H,1-8H3/q4*+1. The van der Waals surface area contributed by atoms with Gasteiger partial charge >= 0.3 is 0 Å². The molecule has 0 unspecified atom stereocenters. The topological polar surface area (TPSA) is 84.7 Å². The zero-order valence-corrected chi connectivity index (χ0v) is 96.2. The fourth-order valence-corrected chi connectivity index (χ4v) is 42.9. The van der Waals surface area contributed by atoms with Crippen molar-refractivity contribution in [2.75, 3.05) is 0 Å². The highest BCUT2D eigenvalue weighted by atomic mass is 28.4. The molecule has 0 radical (unpaired) electrons.